The van der Waals surface area contributed by atoms with Crippen molar-refractivity contribution in [1.82, 2.24) is 19.8 Å². The predicted molar refractivity (Wildman–Crippen MR) is 75.2 cm³/mol. The number of hydrogen-bond donors (Lipinski definition) is 2. The molecule has 6 nitrogen and oxygen atoms in total. The van der Waals surface area contributed by atoms with Crippen molar-refractivity contribution in [3.63, 3.8) is 0 Å². The minimum atomic E-state index is -3.49. The van der Waals surface area contributed by atoms with Crippen molar-refractivity contribution in [2.24, 2.45) is 5.92 Å². The zero-order valence-electron chi connectivity index (χ0n) is 12.1. The lowest BCUT2D eigenvalue weighted by Crippen LogP contribution is -2.35. The summed E-state index contributed by atoms with van der Waals surface area (Å²) in [7, 11) is -3.49. The summed E-state index contributed by atoms with van der Waals surface area (Å²) in [5.41, 5.74) is 0.684. The quantitative estimate of drug-likeness (QED) is 0.753. The maximum Gasteiger partial charge on any atom is 0.260 e. The Bertz CT molecular complexity index is 482. The largest absolute Gasteiger partial charge is 0.313 e. The minimum absolute atomic E-state index is 0.205. The maximum atomic E-state index is 12.6. The number of aromatic nitrogens is 2. The van der Waals surface area contributed by atoms with Gasteiger partial charge in [0.25, 0.3) is 10.0 Å². The molecule has 19 heavy (non-hydrogen) atoms. The molecule has 0 aliphatic carbocycles. The minimum Gasteiger partial charge on any atom is -0.313 e. The third-order valence-electron chi connectivity index (χ3n) is 2.76. The van der Waals surface area contributed by atoms with Crippen molar-refractivity contribution in [1.29, 1.82) is 0 Å². The van der Waals surface area contributed by atoms with Crippen LogP contribution in [0.1, 0.15) is 33.3 Å². The highest BCUT2D eigenvalue weighted by molar-refractivity contribution is 7.89. The van der Waals surface area contributed by atoms with Gasteiger partial charge in [0.05, 0.1) is 6.20 Å². The van der Waals surface area contributed by atoms with E-state index in [1.54, 1.807) is 6.20 Å². The summed E-state index contributed by atoms with van der Waals surface area (Å²) in [6, 6.07) is 0. The number of hydrogen-bond acceptors (Lipinski definition) is 4. The van der Waals surface area contributed by atoms with Gasteiger partial charge in [-0.1, -0.05) is 27.7 Å². The Morgan fingerprint density at radius 3 is 2.63 bits per heavy atom. The van der Waals surface area contributed by atoms with E-state index in [4.69, 9.17) is 0 Å². The molecule has 0 fully saturated rings. The van der Waals surface area contributed by atoms with E-state index in [1.165, 1.54) is 4.31 Å². The summed E-state index contributed by atoms with van der Waals surface area (Å²) >= 11 is 0. The van der Waals surface area contributed by atoms with Crippen molar-refractivity contribution in [3.8, 4) is 0 Å². The van der Waals surface area contributed by atoms with E-state index in [0.29, 0.717) is 25.2 Å². The van der Waals surface area contributed by atoms with Crippen LogP contribution >= 0.6 is 0 Å². The van der Waals surface area contributed by atoms with Gasteiger partial charge < -0.3 is 5.32 Å². The molecule has 0 aliphatic rings. The Balaban J connectivity index is 3.01. The highest BCUT2D eigenvalue weighted by atomic mass is 32.2. The van der Waals surface area contributed by atoms with E-state index >= 15 is 0 Å². The van der Waals surface area contributed by atoms with Gasteiger partial charge in [0.2, 0.25) is 0 Å². The van der Waals surface area contributed by atoms with Gasteiger partial charge in [-0.15, -0.1) is 0 Å². The summed E-state index contributed by atoms with van der Waals surface area (Å²) < 4.78 is 26.6. The number of H-pyrrole nitrogens is 1. The molecule has 1 aromatic rings. The van der Waals surface area contributed by atoms with E-state index in [-0.39, 0.29) is 10.9 Å². The summed E-state index contributed by atoms with van der Waals surface area (Å²) in [5, 5.41) is 9.81. The average Bonchev–Trinajstić information content (AvgIpc) is 2.81. The second-order valence-electron chi connectivity index (χ2n) is 4.85. The Labute approximate surface area is 115 Å². The molecule has 0 aliphatic heterocycles. The Kier molecular flexibility index (Phi) is 5.96. The molecule has 0 saturated carbocycles. The zero-order valence-corrected chi connectivity index (χ0v) is 12.9. The molecule has 0 aromatic carbocycles. The first-order valence-corrected chi connectivity index (χ1v) is 8.10. The van der Waals surface area contributed by atoms with E-state index in [9.17, 15) is 8.42 Å². The molecule has 0 amide bonds. The fourth-order valence-electron chi connectivity index (χ4n) is 1.84. The van der Waals surface area contributed by atoms with Crippen LogP contribution in [0.4, 0.5) is 0 Å². The first kappa shape index (κ1) is 16.1. The summed E-state index contributed by atoms with van der Waals surface area (Å²) in [4.78, 5) is 0. The zero-order chi connectivity index (χ0) is 14.5. The SMILES string of the molecule is CCNCc1cn[nH]c1S(=O)(=O)N(CC)CC(C)C. The molecule has 2 N–H and O–H groups in total. The molecule has 110 valence electrons. The summed E-state index contributed by atoms with van der Waals surface area (Å²) in [6.07, 6.45) is 1.57. The van der Waals surface area contributed by atoms with Crippen LogP contribution in [0.3, 0.4) is 0 Å². The smallest absolute Gasteiger partial charge is 0.260 e. The van der Waals surface area contributed by atoms with Crippen LogP contribution in [-0.2, 0) is 16.6 Å². The van der Waals surface area contributed by atoms with Gasteiger partial charge in [-0.3, -0.25) is 5.10 Å². The van der Waals surface area contributed by atoms with Crippen molar-refractivity contribution >= 4 is 10.0 Å². The molecule has 0 radical (unpaired) electrons. The van der Waals surface area contributed by atoms with E-state index in [1.807, 2.05) is 27.7 Å². The van der Waals surface area contributed by atoms with Gasteiger partial charge in [-0.2, -0.15) is 9.40 Å². The molecule has 0 saturated heterocycles. The van der Waals surface area contributed by atoms with Crippen LogP contribution in [0.2, 0.25) is 0 Å². The molecule has 1 rings (SSSR count). The van der Waals surface area contributed by atoms with E-state index in [0.717, 1.165) is 6.54 Å². The second kappa shape index (κ2) is 7.02. The highest BCUT2D eigenvalue weighted by Crippen LogP contribution is 2.18. The standard InChI is InChI=1S/C12H24N4O2S/c1-5-13-7-11-8-14-15-12(11)19(17,18)16(6-2)9-10(3)4/h8,10,13H,5-7,9H2,1-4H3,(H,14,15). The molecular weight excluding hydrogens is 264 g/mol. The Morgan fingerprint density at radius 2 is 2.11 bits per heavy atom. The fourth-order valence-corrected chi connectivity index (χ4v) is 3.56. The van der Waals surface area contributed by atoms with Crippen LogP contribution < -0.4 is 5.32 Å². The number of rotatable bonds is 8. The number of nitrogens with one attached hydrogen (secondary N) is 2. The van der Waals surface area contributed by atoms with Gasteiger partial charge in [-0.05, 0) is 12.5 Å². The lowest BCUT2D eigenvalue weighted by atomic mass is 10.2. The average molecular weight is 288 g/mol. The summed E-state index contributed by atoms with van der Waals surface area (Å²) in [6.45, 7) is 10.1. The maximum absolute atomic E-state index is 12.6. The van der Waals surface area contributed by atoms with Crippen molar-refractivity contribution < 1.29 is 8.42 Å². The van der Waals surface area contributed by atoms with Crippen LogP contribution in [0.25, 0.3) is 0 Å². The normalized spacial score (nSPS) is 12.5. The van der Waals surface area contributed by atoms with Crippen LogP contribution in [0.15, 0.2) is 11.2 Å². The van der Waals surface area contributed by atoms with Gasteiger partial charge in [-0.25, -0.2) is 8.42 Å². The molecule has 7 heteroatoms. The monoisotopic (exact) mass is 288 g/mol. The van der Waals surface area contributed by atoms with Gasteiger partial charge in [0.15, 0.2) is 5.03 Å². The van der Waals surface area contributed by atoms with Gasteiger partial charge in [0, 0.05) is 25.2 Å². The number of aromatic amines is 1. The van der Waals surface area contributed by atoms with Gasteiger partial charge in [0.1, 0.15) is 0 Å². The van der Waals surface area contributed by atoms with Gasteiger partial charge >= 0.3 is 0 Å². The molecule has 0 unspecified atom stereocenters. The lowest BCUT2D eigenvalue weighted by molar-refractivity contribution is 0.379. The Hall–Kier alpha value is -0.920. The van der Waals surface area contributed by atoms with Crippen LogP contribution in [0, 0.1) is 5.92 Å². The molecular formula is C12H24N4O2S. The van der Waals surface area contributed by atoms with Crippen LogP contribution in [0.5, 0.6) is 0 Å². The third-order valence-corrected chi connectivity index (χ3v) is 4.72. The predicted octanol–water partition coefficient (Wildman–Crippen LogP) is 1.19. The summed E-state index contributed by atoms with van der Waals surface area (Å²) in [5.74, 6) is 0.287. The first-order valence-electron chi connectivity index (χ1n) is 6.66. The highest BCUT2D eigenvalue weighted by Gasteiger charge is 2.27. The van der Waals surface area contributed by atoms with Crippen molar-refractivity contribution in [3.05, 3.63) is 11.8 Å². The van der Waals surface area contributed by atoms with Crippen LogP contribution in [-0.4, -0.2) is 42.6 Å². The molecule has 1 aromatic heterocycles. The second-order valence-corrected chi connectivity index (χ2v) is 6.73. The fraction of sp³-hybridized carbons (Fsp3) is 0.750. The molecule has 0 bridgehead atoms. The number of nitrogens with zero attached hydrogens (tertiary/aromatic N) is 2. The lowest BCUT2D eigenvalue weighted by Gasteiger charge is -2.22. The topological polar surface area (TPSA) is 78.1 Å². The molecule has 0 spiro atoms. The molecule has 1 heterocycles. The first-order chi connectivity index (χ1) is 8.93. The number of sulfonamides is 1. The van der Waals surface area contributed by atoms with E-state index in [2.05, 4.69) is 15.5 Å². The van der Waals surface area contributed by atoms with E-state index < -0.39 is 10.0 Å². The van der Waals surface area contributed by atoms with Crippen molar-refractivity contribution in [2.45, 2.75) is 39.3 Å². The third kappa shape index (κ3) is 4.02. The van der Waals surface area contributed by atoms with Crippen molar-refractivity contribution in [2.75, 3.05) is 19.6 Å². The Morgan fingerprint density at radius 1 is 1.42 bits per heavy atom. The molecule has 0 atom stereocenters.